The summed E-state index contributed by atoms with van der Waals surface area (Å²) in [6, 6.07) is 0. The monoisotopic (exact) mass is 158 g/mol. The van der Waals surface area contributed by atoms with Crippen molar-refractivity contribution in [3.8, 4) is 0 Å². The van der Waals surface area contributed by atoms with E-state index in [1.165, 1.54) is 20.1 Å². The van der Waals surface area contributed by atoms with Gasteiger partial charge in [0.2, 0.25) is 0 Å². The van der Waals surface area contributed by atoms with Crippen molar-refractivity contribution >= 4 is 12.1 Å². The molecule has 0 N–H and O–H groups in total. The van der Waals surface area contributed by atoms with Crippen LogP contribution in [0.3, 0.4) is 0 Å². The second kappa shape index (κ2) is 15.9. The molecule has 0 aliphatic carbocycles. The molecule has 0 rings (SSSR count). The largest absolute Gasteiger partial charge is 2.00 e. The van der Waals surface area contributed by atoms with Crippen LogP contribution in [0.15, 0.2) is 0 Å². The summed E-state index contributed by atoms with van der Waals surface area (Å²) < 4.78 is 0. The molecule has 0 aliphatic rings. The Balaban J connectivity index is -0.0000000575. The second-order valence-corrected chi connectivity index (χ2v) is 0.906. The minimum atomic E-state index is -0.0833. The molecule has 0 aliphatic heterocycles. The number of rotatable bonds is 0. The quantitative estimate of drug-likeness (QED) is 0.381. The van der Waals surface area contributed by atoms with Gasteiger partial charge in [-0.3, -0.25) is 6.29 Å². The molecule has 0 radical (unpaired) electrons. The Morgan fingerprint density at radius 3 is 1.62 bits per heavy atom. The van der Waals surface area contributed by atoms with Crippen molar-refractivity contribution < 1.29 is 26.1 Å². The average molecular weight is 159 g/mol. The van der Waals surface area contributed by atoms with E-state index in [2.05, 4.69) is 6.92 Å². The first-order valence-electron chi connectivity index (χ1n) is 1.76. The molecule has 0 aromatic rings. The fourth-order valence-corrected chi connectivity index (χ4v) is 0. The maximum absolute atomic E-state index is 9.33. The molecule has 0 bridgehead atoms. The molecule has 0 saturated carbocycles. The van der Waals surface area contributed by atoms with Gasteiger partial charge in [-0.1, -0.05) is 0 Å². The number of hydrogen-bond acceptors (Lipinski definition) is 2. The zero-order chi connectivity index (χ0) is 6.28. The first-order chi connectivity index (χ1) is 3.15. The van der Waals surface area contributed by atoms with E-state index >= 15 is 0 Å². The summed E-state index contributed by atoms with van der Waals surface area (Å²) in [6.45, 7) is 5.74. The van der Waals surface area contributed by atoms with E-state index in [1.807, 2.05) is 0 Å². The van der Waals surface area contributed by atoms with E-state index in [0.717, 1.165) is 0 Å². The standard InChI is InChI=1S/C3H5O.C2H3O.Ni/c1-3(2)4;1-2-3;/h1H2,2H3;1H3;/q2*-1;+2. The molecular formula is C5H8NiO2. The molecular weight excluding hydrogens is 151 g/mol. The fraction of sp³-hybridized carbons (Fsp3) is 0.400. The van der Waals surface area contributed by atoms with Crippen LogP contribution in [0, 0.1) is 6.92 Å². The van der Waals surface area contributed by atoms with Crippen molar-refractivity contribution in [2.24, 2.45) is 0 Å². The molecule has 8 heavy (non-hydrogen) atoms. The van der Waals surface area contributed by atoms with Gasteiger partial charge in [0.15, 0.2) is 0 Å². The minimum Gasteiger partial charge on any atom is -0.542 e. The molecule has 2 nitrogen and oxygen atoms in total. The molecule has 0 spiro atoms. The van der Waals surface area contributed by atoms with E-state index < -0.39 is 0 Å². The smallest absolute Gasteiger partial charge is 0.542 e. The predicted molar refractivity (Wildman–Crippen MR) is 27.4 cm³/mol. The number of carbonyl (C=O) groups is 1. The third-order valence-corrected chi connectivity index (χ3v) is 0. The van der Waals surface area contributed by atoms with E-state index in [4.69, 9.17) is 4.79 Å². The average Bonchev–Trinajstić information content (AvgIpc) is 1.33. The Morgan fingerprint density at radius 1 is 1.62 bits per heavy atom. The second-order valence-electron chi connectivity index (χ2n) is 0.906. The summed E-state index contributed by atoms with van der Waals surface area (Å²) in [5.41, 5.74) is 0. The van der Waals surface area contributed by atoms with Crippen molar-refractivity contribution in [1.29, 1.82) is 0 Å². The number of hydrogen-bond donors (Lipinski definition) is 0. The van der Waals surface area contributed by atoms with Gasteiger partial charge in [0, 0.05) is 0 Å². The van der Waals surface area contributed by atoms with Crippen molar-refractivity contribution in [1.82, 2.24) is 0 Å². The first kappa shape index (κ1) is 15.6. The topological polar surface area (TPSA) is 34.1 Å². The Bertz CT molecular complexity index is 57.4. The Hall–Kier alpha value is -0.296. The molecule has 0 atom stereocenters. The third-order valence-electron chi connectivity index (χ3n) is 0. The molecule has 0 aromatic carbocycles. The van der Waals surface area contributed by atoms with Gasteiger partial charge in [-0.2, -0.15) is 6.92 Å². The number of Topliss-reactive ketones (excluding diaryl/α,β-unsaturated/α-hetero) is 1. The van der Waals surface area contributed by atoms with Crippen LogP contribution in [0.5, 0.6) is 0 Å². The minimum absolute atomic E-state index is 0. The molecule has 3 heteroatoms. The Labute approximate surface area is 59.6 Å². The van der Waals surface area contributed by atoms with E-state index in [0.29, 0.717) is 0 Å². The normalized spacial score (nSPS) is 4.75. The summed E-state index contributed by atoms with van der Waals surface area (Å²) in [5.74, 6) is -0.0833. The van der Waals surface area contributed by atoms with Crippen molar-refractivity contribution in [3.63, 3.8) is 0 Å². The zero-order valence-corrected chi connectivity index (χ0v) is 5.83. The van der Waals surface area contributed by atoms with Crippen LogP contribution in [0.25, 0.3) is 0 Å². The van der Waals surface area contributed by atoms with Gasteiger partial charge in [-0.15, -0.1) is 0 Å². The van der Waals surface area contributed by atoms with Gasteiger partial charge >= 0.3 is 16.5 Å². The molecule has 0 fully saturated rings. The van der Waals surface area contributed by atoms with Crippen LogP contribution >= 0.6 is 0 Å². The summed E-state index contributed by atoms with van der Waals surface area (Å²) in [7, 11) is 0. The van der Waals surface area contributed by atoms with Crippen LogP contribution in [0.1, 0.15) is 13.8 Å². The van der Waals surface area contributed by atoms with E-state index in [9.17, 15) is 4.79 Å². The summed E-state index contributed by atoms with van der Waals surface area (Å²) in [5, 5.41) is 0. The van der Waals surface area contributed by atoms with Crippen molar-refractivity contribution in [2.45, 2.75) is 13.8 Å². The maximum Gasteiger partial charge on any atom is 2.00 e. The Kier molecular flexibility index (Phi) is 31.1. The number of carbonyl (C=O) groups excluding carboxylic acids is 2. The van der Waals surface area contributed by atoms with Gasteiger partial charge in [0.05, 0.1) is 0 Å². The molecule has 0 heterocycles. The zero-order valence-electron chi connectivity index (χ0n) is 4.84. The van der Waals surface area contributed by atoms with Gasteiger partial charge in [0.25, 0.3) is 0 Å². The molecule has 0 amide bonds. The van der Waals surface area contributed by atoms with E-state index in [1.54, 1.807) is 0 Å². The molecule has 50 valence electrons. The number of ketones is 1. The van der Waals surface area contributed by atoms with Crippen LogP contribution in [-0.4, -0.2) is 12.1 Å². The van der Waals surface area contributed by atoms with Crippen LogP contribution < -0.4 is 0 Å². The predicted octanol–water partition coefficient (Wildman–Crippen LogP) is 0.523. The summed E-state index contributed by atoms with van der Waals surface area (Å²) in [6.07, 6.45) is 1.50. The summed E-state index contributed by atoms with van der Waals surface area (Å²) in [4.78, 5) is 18.0. The van der Waals surface area contributed by atoms with Crippen LogP contribution in [0.4, 0.5) is 0 Å². The first-order valence-corrected chi connectivity index (χ1v) is 1.76. The van der Waals surface area contributed by atoms with Gasteiger partial charge < -0.3 is 16.5 Å². The summed E-state index contributed by atoms with van der Waals surface area (Å²) >= 11 is 0. The molecule has 0 saturated heterocycles. The SMILES string of the molecule is C[C-]=O.[CH2-]C(C)=O.[Ni+2]. The van der Waals surface area contributed by atoms with Gasteiger partial charge in [0.1, 0.15) is 0 Å². The Morgan fingerprint density at radius 2 is 1.62 bits per heavy atom. The van der Waals surface area contributed by atoms with Crippen molar-refractivity contribution in [2.75, 3.05) is 0 Å². The van der Waals surface area contributed by atoms with Gasteiger partial charge in [-0.05, 0) is 12.7 Å². The fourth-order valence-electron chi connectivity index (χ4n) is 0. The van der Waals surface area contributed by atoms with Crippen LogP contribution in [0.2, 0.25) is 0 Å². The third kappa shape index (κ3) is 1440. The maximum atomic E-state index is 9.33. The molecule has 0 aromatic heterocycles. The van der Waals surface area contributed by atoms with E-state index in [-0.39, 0.29) is 22.3 Å². The van der Waals surface area contributed by atoms with Crippen molar-refractivity contribution in [3.05, 3.63) is 6.92 Å². The van der Waals surface area contributed by atoms with Gasteiger partial charge in [-0.25, -0.2) is 0 Å². The molecule has 0 unspecified atom stereocenters. The van der Waals surface area contributed by atoms with Crippen LogP contribution in [-0.2, 0) is 26.1 Å².